The van der Waals surface area contributed by atoms with Gasteiger partial charge in [-0.2, -0.15) is 9.37 Å². The molecule has 198 valence electrons. The highest BCUT2D eigenvalue weighted by Crippen LogP contribution is 2.23. The first-order valence-electron chi connectivity index (χ1n) is 11.6. The Hall–Kier alpha value is -4.22. The fourth-order valence-corrected chi connectivity index (χ4v) is 3.61. The minimum absolute atomic E-state index is 0.0359. The monoisotopic (exact) mass is 541 g/mol. The van der Waals surface area contributed by atoms with E-state index in [9.17, 15) is 19.1 Å². The highest BCUT2D eigenvalue weighted by Gasteiger charge is 2.26. The van der Waals surface area contributed by atoms with Crippen LogP contribution in [0, 0.1) is 11.9 Å². The molecular weight excluding hydrogens is 517 g/mol. The lowest BCUT2D eigenvalue weighted by atomic mass is 10.2. The molecule has 0 radical (unpaired) electrons. The van der Waals surface area contributed by atoms with Crippen LogP contribution >= 0.6 is 11.6 Å². The molecular formula is C26H25ClFN5O5. The minimum atomic E-state index is -1.02. The first kappa shape index (κ1) is 26.8. The standard InChI is InChI=1S/C26H25ClFN5O5/c1-17(24(34)35)13-33-16-37-15-32(14-18-5-7-19(27)8-6-18)25(31-26(33)36)29-20-9-11-21(12-10-20)38-23-4-2-3-22(28)30-23/h2-12,17H,13-16H2,1H3,(H,34,35)(H,29,31,36)/t17-/m0/s1. The van der Waals surface area contributed by atoms with Gasteiger partial charge in [-0.3, -0.25) is 10.1 Å². The summed E-state index contributed by atoms with van der Waals surface area (Å²) in [5, 5.41) is 12.6. The van der Waals surface area contributed by atoms with Gasteiger partial charge in [0, 0.05) is 24.2 Å². The predicted molar refractivity (Wildman–Crippen MR) is 138 cm³/mol. The summed E-state index contributed by atoms with van der Waals surface area (Å²) in [7, 11) is 0. The highest BCUT2D eigenvalue weighted by molar-refractivity contribution is 6.30. The summed E-state index contributed by atoms with van der Waals surface area (Å²) < 4.78 is 24.7. The van der Waals surface area contributed by atoms with E-state index in [2.05, 4.69) is 15.3 Å². The fourth-order valence-electron chi connectivity index (χ4n) is 3.49. The zero-order valence-electron chi connectivity index (χ0n) is 20.4. The van der Waals surface area contributed by atoms with Crippen LogP contribution in [0.5, 0.6) is 11.6 Å². The molecule has 0 bridgehead atoms. The van der Waals surface area contributed by atoms with Gasteiger partial charge in [-0.1, -0.05) is 36.7 Å². The van der Waals surface area contributed by atoms with E-state index in [1.54, 1.807) is 41.3 Å². The molecule has 0 aliphatic carbocycles. The van der Waals surface area contributed by atoms with Crippen molar-refractivity contribution in [3.63, 3.8) is 0 Å². The maximum absolute atomic E-state index is 13.3. The molecule has 4 rings (SSSR count). The number of nitrogens with one attached hydrogen (secondary N) is 1. The average Bonchev–Trinajstić information content (AvgIpc) is 2.88. The van der Waals surface area contributed by atoms with Crippen molar-refractivity contribution in [1.82, 2.24) is 20.1 Å². The van der Waals surface area contributed by atoms with Gasteiger partial charge in [-0.05, 0) is 48.0 Å². The molecule has 2 amide bonds. The zero-order chi connectivity index (χ0) is 27.1. The topological polar surface area (TPSA) is 117 Å². The number of carboxylic acid groups (broad SMARTS) is 1. The second-order valence-corrected chi connectivity index (χ2v) is 8.94. The van der Waals surface area contributed by atoms with Gasteiger partial charge in [0.25, 0.3) is 0 Å². The van der Waals surface area contributed by atoms with Gasteiger partial charge < -0.3 is 24.4 Å². The molecule has 1 aliphatic rings. The molecule has 1 fully saturated rings. The number of hydrogen-bond acceptors (Lipinski definition) is 6. The number of aliphatic imine (C=N–C) groups is 1. The summed E-state index contributed by atoms with van der Waals surface area (Å²) >= 11 is 6.01. The number of carbonyl (C=O) groups excluding carboxylic acids is 1. The van der Waals surface area contributed by atoms with Gasteiger partial charge in [0.05, 0.1) is 11.6 Å². The first-order valence-corrected chi connectivity index (χ1v) is 12.0. The Morgan fingerprint density at radius 2 is 1.87 bits per heavy atom. The molecule has 2 N–H and O–H groups in total. The van der Waals surface area contributed by atoms with Crippen LogP contribution in [0.2, 0.25) is 5.02 Å². The van der Waals surface area contributed by atoms with Crippen LogP contribution in [0.4, 0.5) is 14.9 Å². The molecule has 0 spiro atoms. The quantitative estimate of drug-likeness (QED) is 0.392. The smallest absolute Gasteiger partial charge is 0.326 e. The van der Waals surface area contributed by atoms with Crippen LogP contribution in [0.1, 0.15) is 12.5 Å². The van der Waals surface area contributed by atoms with Crippen molar-refractivity contribution in [1.29, 1.82) is 0 Å². The number of halogens is 2. The normalized spacial score (nSPS) is 16.0. The largest absolute Gasteiger partial charge is 0.481 e. The number of pyridine rings is 1. The van der Waals surface area contributed by atoms with E-state index in [4.69, 9.17) is 21.1 Å². The van der Waals surface area contributed by atoms with Crippen molar-refractivity contribution in [2.75, 3.05) is 20.0 Å². The number of urea groups is 1. The highest BCUT2D eigenvalue weighted by atomic mass is 35.5. The molecule has 2 aromatic carbocycles. The van der Waals surface area contributed by atoms with Gasteiger partial charge in [0.15, 0.2) is 0 Å². The number of benzene rings is 2. The number of rotatable bonds is 8. The number of hydrogen-bond donors (Lipinski definition) is 2. The molecule has 1 aliphatic heterocycles. The van der Waals surface area contributed by atoms with E-state index in [0.717, 1.165) is 5.56 Å². The summed E-state index contributed by atoms with van der Waals surface area (Å²) in [5.74, 6) is -1.72. The van der Waals surface area contributed by atoms with Crippen molar-refractivity contribution in [3.8, 4) is 11.6 Å². The number of nitrogens with zero attached hydrogens (tertiary/aromatic N) is 4. The molecule has 0 unspecified atom stereocenters. The summed E-state index contributed by atoms with van der Waals surface area (Å²) in [4.78, 5) is 35.6. The third-order valence-corrected chi connectivity index (χ3v) is 5.74. The lowest BCUT2D eigenvalue weighted by Crippen LogP contribution is -2.54. The van der Waals surface area contributed by atoms with E-state index in [1.165, 1.54) is 30.0 Å². The third-order valence-electron chi connectivity index (χ3n) is 5.49. The summed E-state index contributed by atoms with van der Waals surface area (Å²) in [6, 6.07) is 17.5. The minimum Gasteiger partial charge on any atom is -0.481 e. The number of aliphatic carboxylic acids is 1. The summed E-state index contributed by atoms with van der Waals surface area (Å²) in [5.41, 5.74) is 1.40. The Morgan fingerprint density at radius 3 is 2.55 bits per heavy atom. The molecule has 1 aromatic heterocycles. The van der Waals surface area contributed by atoms with Crippen LogP contribution in [-0.2, 0) is 16.1 Å². The number of carbonyl (C=O) groups is 2. The van der Waals surface area contributed by atoms with Crippen molar-refractivity contribution >= 4 is 35.2 Å². The molecule has 0 saturated carbocycles. The Kier molecular flexibility index (Phi) is 8.72. The van der Waals surface area contributed by atoms with Gasteiger partial charge in [0.2, 0.25) is 17.8 Å². The van der Waals surface area contributed by atoms with E-state index in [0.29, 0.717) is 23.0 Å². The first-order chi connectivity index (χ1) is 18.3. The number of ether oxygens (including phenoxy) is 2. The van der Waals surface area contributed by atoms with E-state index < -0.39 is 23.9 Å². The molecule has 10 nitrogen and oxygen atoms in total. The zero-order valence-corrected chi connectivity index (χ0v) is 21.1. The number of aromatic nitrogens is 1. The molecule has 2 heterocycles. The number of carboxylic acids is 1. The lowest BCUT2D eigenvalue weighted by molar-refractivity contribution is -0.141. The summed E-state index contributed by atoms with van der Waals surface area (Å²) in [6.45, 7) is 1.82. The van der Waals surface area contributed by atoms with Crippen molar-refractivity contribution < 1.29 is 28.6 Å². The summed E-state index contributed by atoms with van der Waals surface area (Å²) in [6.07, 6.45) is 0. The van der Waals surface area contributed by atoms with Crippen LogP contribution in [-0.4, -0.2) is 57.9 Å². The molecule has 3 aromatic rings. The van der Waals surface area contributed by atoms with E-state index in [-0.39, 0.29) is 31.8 Å². The molecule has 1 saturated heterocycles. The Bertz CT molecular complexity index is 1310. The van der Waals surface area contributed by atoms with Crippen LogP contribution in [0.15, 0.2) is 71.7 Å². The van der Waals surface area contributed by atoms with Crippen molar-refractivity contribution in [2.45, 2.75) is 13.5 Å². The van der Waals surface area contributed by atoms with Crippen molar-refractivity contribution in [2.24, 2.45) is 10.9 Å². The average molecular weight is 542 g/mol. The number of amides is 2. The third kappa shape index (κ3) is 7.40. The maximum atomic E-state index is 13.3. The van der Waals surface area contributed by atoms with Crippen LogP contribution < -0.4 is 10.1 Å². The second kappa shape index (κ2) is 12.3. The van der Waals surface area contributed by atoms with Gasteiger partial charge in [-0.25, -0.2) is 9.79 Å². The van der Waals surface area contributed by atoms with Gasteiger partial charge in [0.1, 0.15) is 19.2 Å². The molecule has 38 heavy (non-hydrogen) atoms. The lowest BCUT2D eigenvalue weighted by Gasteiger charge is -2.33. The van der Waals surface area contributed by atoms with Crippen LogP contribution in [0.3, 0.4) is 0 Å². The van der Waals surface area contributed by atoms with Gasteiger partial charge in [-0.15, -0.1) is 0 Å². The van der Waals surface area contributed by atoms with E-state index >= 15 is 0 Å². The van der Waals surface area contributed by atoms with Crippen molar-refractivity contribution in [3.05, 3.63) is 83.3 Å². The van der Waals surface area contributed by atoms with E-state index in [1.807, 2.05) is 12.1 Å². The van der Waals surface area contributed by atoms with Gasteiger partial charge >= 0.3 is 12.0 Å². The second-order valence-electron chi connectivity index (χ2n) is 8.51. The SMILES string of the molecule is C[C@@H](CN1COCN(Cc2ccc(Cl)cc2)C(=Nc2ccc(Oc3cccc(F)n3)cc2)NC1=O)C(=O)O. The molecule has 1 atom stereocenters. The predicted octanol–water partition coefficient (Wildman–Crippen LogP) is 4.83. The Morgan fingerprint density at radius 1 is 1.16 bits per heavy atom. The fraction of sp³-hybridized carbons (Fsp3) is 0.231. The number of guanidine groups is 1. The molecule has 12 heteroatoms. The Labute approximate surface area is 223 Å². The maximum Gasteiger partial charge on any atom is 0.326 e. The van der Waals surface area contributed by atoms with Crippen LogP contribution in [0.25, 0.3) is 0 Å². The Balaban J connectivity index is 1.57.